The van der Waals surface area contributed by atoms with Gasteiger partial charge in [0.1, 0.15) is 0 Å². The van der Waals surface area contributed by atoms with E-state index in [4.69, 9.17) is 5.73 Å². The zero-order valence-corrected chi connectivity index (χ0v) is 9.58. The predicted molar refractivity (Wildman–Crippen MR) is 61.2 cm³/mol. The number of nitrogen functional groups attached to an aromatic ring is 1. The summed E-state index contributed by atoms with van der Waals surface area (Å²) in [6, 6.07) is 5.18. The molecular formula is C9H12ClNO2S. The van der Waals surface area contributed by atoms with Gasteiger partial charge >= 0.3 is 5.97 Å². The number of ether oxygens (including phenoxy) is 1. The maximum Gasteiger partial charge on any atom is 0.337 e. The molecule has 0 fully saturated rings. The van der Waals surface area contributed by atoms with Crippen LogP contribution in [0.5, 0.6) is 0 Å². The molecule has 0 amide bonds. The van der Waals surface area contributed by atoms with E-state index in [1.807, 2.05) is 12.3 Å². The van der Waals surface area contributed by atoms with E-state index in [1.165, 1.54) is 18.9 Å². The van der Waals surface area contributed by atoms with Crippen LogP contribution in [-0.2, 0) is 4.74 Å². The highest BCUT2D eigenvalue weighted by molar-refractivity contribution is 7.98. The van der Waals surface area contributed by atoms with Crippen LogP contribution in [0.3, 0.4) is 0 Å². The van der Waals surface area contributed by atoms with Crippen molar-refractivity contribution in [3.63, 3.8) is 0 Å². The zero-order valence-electron chi connectivity index (χ0n) is 7.94. The van der Waals surface area contributed by atoms with Crippen LogP contribution in [0.15, 0.2) is 23.1 Å². The number of methoxy groups -OCH3 is 1. The Morgan fingerprint density at radius 3 is 2.57 bits per heavy atom. The Morgan fingerprint density at radius 2 is 2.07 bits per heavy atom. The average molecular weight is 234 g/mol. The van der Waals surface area contributed by atoms with Crippen LogP contribution in [0.25, 0.3) is 0 Å². The predicted octanol–water partition coefficient (Wildman–Crippen LogP) is 2.20. The van der Waals surface area contributed by atoms with Gasteiger partial charge in [0.05, 0.1) is 12.7 Å². The van der Waals surface area contributed by atoms with E-state index in [0.29, 0.717) is 11.3 Å². The van der Waals surface area contributed by atoms with E-state index in [9.17, 15) is 4.79 Å². The molecular weight excluding hydrogens is 222 g/mol. The van der Waals surface area contributed by atoms with Crippen LogP contribution in [0.1, 0.15) is 10.4 Å². The summed E-state index contributed by atoms with van der Waals surface area (Å²) < 4.78 is 4.59. The lowest BCUT2D eigenvalue weighted by Gasteiger charge is -2.03. The number of carbonyl (C=O) groups excluding carboxylic acids is 1. The lowest BCUT2D eigenvalue weighted by Crippen LogP contribution is -2.02. The molecule has 0 saturated heterocycles. The molecule has 0 aromatic heterocycles. The smallest absolute Gasteiger partial charge is 0.337 e. The van der Waals surface area contributed by atoms with Gasteiger partial charge in [-0.05, 0) is 24.5 Å². The lowest BCUT2D eigenvalue weighted by atomic mass is 10.2. The first-order chi connectivity index (χ1) is 6.17. The second kappa shape index (κ2) is 5.78. The Bertz CT molecular complexity index is 331. The largest absolute Gasteiger partial charge is 0.465 e. The normalized spacial score (nSPS) is 9.00. The second-order valence-electron chi connectivity index (χ2n) is 2.49. The number of anilines is 1. The molecule has 14 heavy (non-hydrogen) atoms. The molecule has 0 aliphatic carbocycles. The zero-order chi connectivity index (χ0) is 9.84. The van der Waals surface area contributed by atoms with E-state index in [1.54, 1.807) is 12.1 Å². The monoisotopic (exact) mass is 233 g/mol. The first kappa shape index (κ1) is 13.1. The minimum Gasteiger partial charge on any atom is -0.465 e. The van der Waals surface area contributed by atoms with Crippen molar-refractivity contribution in [2.75, 3.05) is 19.1 Å². The first-order valence-electron chi connectivity index (χ1n) is 3.70. The number of hydrogen-bond acceptors (Lipinski definition) is 4. The van der Waals surface area contributed by atoms with Crippen LogP contribution in [0.4, 0.5) is 5.69 Å². The number of benzene rings is 1. The minimum absolute atomic E-state index is 0. The molecule has 0 aliphatic rings. The molecule has 0 spiro atoms. The van der Waals surface area contributed by atoms with E-state index in [0.717, 1.165) is 4.90 Å². The standard InChI is InChI=1S/C9H11NO2S.ClH/c1-12-9(11)6-3-7(10)5-8(4-6)13-2;/h3-5H,10H2,1-2H3;1H. The highest BCUT2D eigenvalue weighted by Gasteiger charge is 2.06. The Balaban J connectivity index is 0.00000169. The van der Waals surface area contributed by atoms with Crippen molar-refractivity contribution in [3.8, 4) is 0 Å². The molecule has 0 bridgehead atoms. The number of thioether (sulfide) groups is 1. The van der Waals surface area contributed by atoms with Gasteiger partial charge in [-0.3, -0.25) is 0 Å². The number of rotatable bonds is 2. The SMILES string of the molecule is COC(=O)c1cc(N)cc(SC)c1.Cl. The van der Waals surface area contributed by atoms with E-state index >= 15 is 0 Å². The van der Waals surface area contributed by atoms with Crippen molar-refractivity contribution in [3.05, 3.63) is 23.8 Å². The van der Waals surface area contributed by atoms with Crippen LogP contribution in [0, 0.1) is 0 Å². The highest BCUT2D eigenvalue weighted by Crippen LogP contribution is 2.20. The third-order valence-corrected chi connectivity index (χ3v) is 2.29. The Kier molecular flexibility index (Phi) is 5.42. The van der Waals surface area contributed by atoms with Crippen molar-refractivity contribution < 1.29 is 9.53 Å². The van der Waals surface area contributed by atoms with E-state index < -0.39 is 0 Å². The first-order valence-corrected chi connectivity index (χ1v) is 4.92. The van der Waals surface area contributed by atoms with Crippen molar-refractivity contribution in [1.29, 1.82) is 0 Å². The summed E-state index contributed by atoms with van der Waals surface area (Å²) in [7, 11) is 1.35. The van der Waals surface area contributed by atoms with Gasteiger partial charge < -0.3 is 10.5 Å². The molecule has 0 unspecified atom stereocenters. The number of esters is 1. The molecule has 5 heteroatoms. The van der Waals surface area contributed by atoms with Crippen LogP contribution in [0.2, 0.25) is 0 Å². The number of nitrogens with two attached hydrogens (primary N) is 1. The molecule has 2 N–H and O–H groups in total. The molecule has 0 heterocycles. The fourth-order valence-corrected chi connectivity index (χ4v) is 1.47. The van der Waals surface area contributed by atoms with Gasteiger partial charge in [-0.1, -0.05) is 0 Å². The highest BCUT2D eigenvalue weighted by atomic mass is 35.5. The molecule has 1 aromatic rings. The number of hydrogen-bond donors (Lipinski definition) is 1. The summed E-state index contributed by atoms with van der Waals surface area (Å²) in [4.78, 5) is 12.1. The molecule has 3 nitrogen and oxygen atoms in total. The Morgan fingerprint density at radius 1 is 1.43 bits per heavy atom. The summed E-state index contributed by atoms with van der Waals surface area (Å²) in [5.74, 6) is -0.359. The molecule has 78 valence electrons. The summed E-state index contributed by atoms with van der Waals surface area (Å²) in [5.41, 5.74) is 6.67. The van der Waals surface area contributed by atoms with E-state index in [-0.39, 0.29) is 18.4 Å². The maximum absolute atomic E-state index is 11.1. The van der Waals surface area contributed by atoms with Crippen LogP contribution < -0.4 is 5.73 Å². The Hall–Kier alpha value is -0.870. The van der Waals surface area contributed by atoms with Crippen molar-refractivity contribution in [2.45, 2.75) is 4.90 Å². The third kappa shape index (κ3) is 3.12. The van der Waals surface area contributed by atoms with Gasteiger partial charge in [-0.2, -0.15) is 0 Å². The quantitative estimate of drug-likeness (QED) is 0.483. The molecule has 0 radical (unpaired) electrons. The second-order valence-corrected chi connectivity index (χ2v) is 3.37. The van der Waals surface area contributed by atoms with Gasteiger partial charge in [-0.25, -0.2) is 4.79 Å². The lowest BCUT2D eigenvalue weighted by molar-refractivity contribution is 0.0600. The molecule has 1 rings (SSSR count). The summed E-state index contributed by atoms with van der Waals surface area (Å²) in [6.07, 6.45) is 1.93. The molecule has 0 atom stereocenters. The summed E-state index contributed by atoms with van der Waals surface area (Å²) >= 11 is 1.54. The molecule has 1 aromatic carbocycles. The van der Waals surface area contributed by atoms with Gasteiger partial charge in [0.15, 0.2) is 0 Å². The van der Waals surface area contributed by atoms with Crippen molar-refractivity contribution >= 4 is 35.8 Å². The van der Waals surface area contributed by atoms with Gasteiger partial charge in [0.25, 0.3) is 0 Å². The topological polar surface area (TPSA) is 52.3 Å². The fraction of sp³-hybridized carbons (Fsp3) is 0.222. The van der Waals surface area contributed by atoms with Gasteiger partial charge in [-0.15, -0.1) is 24.2 Å². The third-order valence-electron chi connectivity index (χ3n) is 1.59. The number of halogens is 1. The van der Waals surface area contributed by atoms with Gasteiger partial charge in [0.2, 0.25) is 0 Å². The van der Waals surface area contributed by atoms with Crippen molar-refractivity contribution in [1.82, 2.24) is 0 Å². The van der Waals surface area contributed by atoms with Gasteiger partial charge in [0, 0.05) is 10.6 Å². The average Bonchev–Trinajstić information content (AvgIpc) is 2.15. The molecule has 0 aliphatic heterocycles. The summed E-state index contributed by atoms with van der Waals surface area (Å²) in [6.45, 7) is 0. The van der Waals surface area contributed by atoms with Crippen LogP contribution in [-0.4, -0.2) is 19.3 Å². The fourth-order valence-electron chi connectivity index (χ4n) is 0.976. The Labute approximate surface area is 93.4 Å². The van der Waals surface area contributed by atoms with E-state index in [2.05, 4.69) is 4.74 Å². The van der Waals surface area contributed by atoms with Crippen LogP contribution >= 0.6 is 24.2 Å². The number of carbonyl (C=O) groups is 1. The van der Waals surface area contributed by atoms with Crippen molar-refractivity contribution in [2.24, 2.45) is 0 Å². The minimum atomic E-state index is -0.359. The summed E-state index contributed by atoms with van der Waals surface area (Å²) in [5, 5.41) is 0. The maximum atomic E-state index is 11.1. The molecule has 0 saturated carbocycles.